The maximum absolute atomic E-state index is 13.1. The van der Waals surface area contributed by atoms with E-state index in [1.54, 1.807) is 31.0 Å². The number of hydrogen-bond donors (Lipinski definition) is 1. The summed E-state index contributed by atoms with van der Waals surface area (Å²) in [6.07, 6.45) is 0. The number of benzene rings is 2. The van der Waals surface area contributed by atoms with E-state index in [4.69, 9.17) is 0 Å². The molecule has 110 valence electrons. The molecule has 0 bridgehead atoms. The molecule has 0 amide bonds. The van der Waals surface area contributed by atoms with E-state index in [1.165, 1.54) is 12.1 Å². The molecule has 0 aliphatic carbocycles. The lowest BCUT2D eigenvalue weighted by Crippen LogP contribution is -2.39. The zero-order valence-corrected chi connectivity index (χ0v) is 12.0. The van der Waals surface area contributed by atoms with Gasteiger partial charge in [-0.2, -0.15) is 0 Å². The van der Waals surface area contributed by atoms with Crippen LogP contribution in [0.25, 0.3) is 0 Å². The van der Waals surface area contributed by atoms with Crippen LogP contribution in [0.2, 0.25) is 0 Å². The van der Waals surface area contributed by atoms with Gasteiger partial charge in [0.2, 0.25) is 0 Å². The van der Waals surface area contributed by atoms with Crippen molar-refractivity contribution < 1.29 is 14.3 Å². The molecule has 2 unspecified atom stereocenters. The van der Waals surface area contributed by atoms with Crippen LogP contribution in [-0.4, -0.2) is 29.1 Å². The van der Waals surface area contributed by atoms with E-state index in [2.05, 4.69) is 0 Å². The van der Waals surface area contributed by atoms with Crippen LogP contribution < -0.4 is 0 Å². The fourth-order valence-corrected chi connectivity index (χ4v) is 2.34. The van der Waals surface area contributed by atoms with Gasteiger partial charge in [0.25, 0.3) is 0 Å². The van der Waals surface area contributed by atoms with Gasteiger partial charge in [0.1, 0.15) is 11.9 Å². The second kappa shape index (κ2) is 6.50. The van der Waals surface area contributed by atoms with Crippen molar-refractivity contribution in [1.29, 1.82) is 0 Å². The minimum atomic E-state index is -0.888. The number of likely N-dealkylation sites (N-methyl/N-ethyl adjacent to an activating group) is 1. The standard InChI is InChI=1S/C17H18FNO2/c1-12(17(20)21)19(2)16(13-6-4-3-5-7-13)14-8-10-15(18)11-9-14/h3-12,16H,1-2H3,(H,20,21). The Balaban J connectivity index is 2.44. The lowest BCUT2D eigenvalue weighted by molar-refractivity contribution is -0.142. The number of rotatable bonds is 5. The monoisotopic (exact) mass is 287 g/mol. The van der Waals surface area contributed by atoms with Gasteiger partial charge in [-0.25, -0.2) is 4.39 Å². The van der Waals surface area contributed by atoms with Crippen molar-refractivity contribution in [3.8, 4) is 0 Å². The maximum atomic E-state index is 13.1. The summed E-state index contributed by atoms with van der Waals surface area (Å²) in [7, 11) is 1.76. The molecule has 0 fully saturated rings. The first kappa shape index (κ1) is 15.2. The van der Waals surface area contributed by atoms with Crippen LogP contribution in [0.15, 0.2) is 54.6 Å². The predicted molar refractivity (Wildman–Crippen MR) is 79.5 cm³/mol. The molecule has 0 aromatic heterocycles. The first-order chi connectivity index (χ1) is 10.0. The van der Waals surface area contributed by atoms with Gasteiger partial charge in [-0.1, -0.05) is 42.5 Å². The summed E-state index contributed by atoms with van der Waals surface area (Å²) in [5.41, 5.74) is 1.83. The van der Waals surface area contributed by atoms with Crippen LogP contribution in [0.1, 0.15) is 24.1 Å². The van der Waals surface area contributed by atoms with Gasteiger partial charge in [0, 0.05) is 0 Å². The molecule has 0 aliphatic rings. The highest BCUT2D eigenvalue weighted by Crippen LogP contribution is 2.29. The van der Waals surface area contributed by atoms with Crippen LogP contribution in [-0.2, 0) is 4.79 Å². The lowest BCUT2D eigenvalue weighted by Gasteiger charge is -2.31. The smallest absolute Gasteiger partial charge is 0.320 e. The van der Waals surface area contributed by atoms with Gasteiger partial charge in [-0.05, 0) is 37.2 Å². The molecule has 0 saturated heterocycles. The SMILES string of the molecule is CC(C(=O)O)N(C)C(c1ccccc1)c1ccc(F)cc1. The average Bonchev–Trinajstić information content (AvgIpc) is 2.49. The molecule has 21 heavy (non-hydrogen) atoms. The molecule has 0 spiro atoms. The highest BCUT2D eigenvalue weighted by atomic mass is 19.1. The molecule has 0 radical (unpaired) electrons. The van der Waals surface area contributed by atoms with Crippen LogP contribution in [0.5, 0.6) is 0 Å². The van der Waals surface area contributed by atoms with Crippen LogP contribution in [0.4, 0.5) is 4.39 Å². The Labute approximate surface area is 123 Å². The molecule has 4 heteroatoms. The van der Waals surface area contributed by atoms with E-state index in [-0.39, 0.29) is 11.9 Å². The lowest BCUT2D eigenvalue weighted by atomic mass is 9.96. The molecular weight excluding hydrogens is 269 g/mol. The normalized spacial score (nSPS) is 13.9. The molecule has 0 heterocycles. The van der Waals surface area contributed by atoms with Crippen molar-refractivity contribution in [2.24, 2.45) is 0 Å². The Hall–Kier alpha value is -2.20. The fraction of sp³-hybridized carbons (Fsp3) is 0.235. The molecule has 0 aliphatic heterocycles. The molecule has 0 saturated carbocycles. The van der Waals surface area contributed by atoms with Gasteiger partial charge in [0.05, 0.1) is 6.04 Å². The summed E-state index contributed by atoms with van der Waals surface area (Å²) in [6, 6.07) is 14.9. The summed E-state index contributed by atoms with van der Waals surface area (Å²) in [4.78, 5) is 13.0. The van der Waals surface area contributed by atoms with E-state index in [0.29, 0.717) is 0 Å². The van der Waals surface area contributed by atoms with Crippen LogP contribution in [0.3, 0.4) is 0 Å². The number of halogens is 1. The Morgan fingerprint density at radius 2 is 1.57 bits per heavy atom. The molecule has 2 aromatic rings. The van der Waals surface area contributed by atoms with Gasteiger partial charge in [-0.15, -0.1) is 0 Å². The zero-order chi connectivity index (χ0) is 15.4. The molecule has 1 N–H and O–H groups in total. The van der Waals surface area contributed by atoms with E-state index >= 15 is 0 Å². The summed E-state index contributed by atoms with van der Waals surface area (Å²) >= 11 is 0. The Morgan fingerprint density at radius 3 is 2.10 bits per heavy atom. The third kappa shape index (κ3) is 3.47. The Bertz CT molecular complexity index is 598. The van der Waals surface area contributed by atoms with Crippen molar-refractivity contribution in [1.82, 2.24) is 4.90 Å². The van der Waals surface area contributed by atoms with Gasteiger partial charge < -0.3 is 5.11 Å². The maximum Gasteiger partial charge on any atom is 0.320 e. The zero-order valence-electron chi connectivity index (χ0n) is 12.0. The first-order valence-electron chi connectivity index (χ1n) is 6.76. The van der Waals surface area contributed by atoms with Crippen molar-refractivity contribution in [3.05, 3.63) is 71.5 Å². The van der Waals surface area contributed by atoms with Crippen LogP contribution >= 0.6 is 0 Å². The first-order valence-corrected chi connectivity index (χ1v) is 6.76. The summed E-state index contributed by atoms with van der Waals surface area (Å²) < 4.78 is 13.1. The fourth-order valence-electron chi connectivity index (χ4n) is 2.34. The summed E-state index contributed by atoms with van der Waals surface area (Å²) in [5, 5.41) is 9.24. The minimum Gasteiger partial charge on any atom is -0.480 e. The number of nitrogens with zero attached hydrogens (tertiary/aromatic N) is 1. The highest BCUT2D eigenvalue weighted by molar-refractivity contribution is 5.73. The summed E-state index contributed by atoms with van der Waals surface area (Å²) in [5.74, 6) is -1.19. The van der Waals surface area contributed by atoms with Crippen molar-refractivity contribution in [2.45, 2.75) is 19.0 Å². The minimum absolute atomic E-state index is 0.238. The van der Waals surface area contributed by atoms with E-state index < -0.39 is 12.0 Å². The van der Waals surface area contributed by atoms with Gasteiger partial charge in [-0.3, -0.25) is 9.69 Å². The number of hydrogen-bond acceptors (Lipinski definition) is 2. The van der Waals surface area contributed by atoms with Crippen molar-refractivity contribution in [3.63, 3.8) is 0 Å². The number of carbonyl (C=O) groups is 1. The predicted octanol–water partition coefficient (Wildman–Crippen LogP) is 3.32. The number of carboxylic acids is 1. The van der Waals surface area contributed by atoms with E-state index in [1.807, 2.05) is 30.3 Å². The second-order valence-corrected chi connectivity index (χ2v) is 5.04. The van der Waals surface area contributed by atoms with Crippen LogP contribution in [0, 0.1) is 5.82 Å². The molecule has 2 atom stereocenters. The molecule has 2 rings (SSSR count). The number of carboxylic acid groups (broad SMARTS) is 1. The molecular formula is C17H18FNO2. The van der Waals surface area contributed by atoms with E-state index in [9.17, 15) is 14.3 Å². The van der Waals surface area contributed by atoms with Gasteiger partial charge >= 0.3 is 5.97 Å². The van der Waals surface area contributed by atoms with Crippen molar-refractivity contribution >= 4 is 5.97 Å². The molecule has 2 aromatic carbocycles. The Kier molecular flexibility index (Phi) is 4.70. The second-order valence-electron chi connectivity index (χ2n) is 5.04. The van der Waals surface area contributed by atoms with Crippen molar-refractivity contribution in [2.75, 3.05) is 7.05 Å². The quantitative estimate of drug-likeness (QED) is 0.917. The Morgan fingerprint density at radius 1 is 1.05 bits per heavy atom. The van der Waals surface area contributed by atoms with Gasteiger partial charge in [0.15, 0.2) is 0 Å². The topological polar surface area (TPSA) is 40.5 Å². The largest absolute Gasteiger partial charge is 0.480 e. The molecule has 3 nitrogen and oxygen atoms in total. The average molecular weight is 287 g/mol. The highest BCUT2D eigenvalue weighted by Gasteiger charge is 2.26. The number of aliphatic carboxylic acids is 1. The summed E-state index contributed by atoms with van der Waals surface area (Å²) in [6.45, 7) is 1.64. The third-order valence-corrected chi connectivity index (χ3v) is 3.68. The third-order valence-electron chi connectivity index (χ3n) is 3.68. The van der Waals surface area contributed by atoms with E-state index in [0.717, 1.165) is 11.1 Å².